The minimum absolute atomic E-state index is 0.800. The Balaban J connectivity index is 2.52. The van der Waals surface area contributed by atoms with Crippen molar-refractivity contribution in [2.75, 3.05) is 44.6 Å². The summed E-state index contributed by atoms with van der Waals surface area (Å²) in [6.45, 7) is 1.79. The smallest absolute Gasteiger partial charge is 0.127 e. The van der Waals surface area contributed by atoms with Crippen LogP contribution in [0.15, 0.2) is 18.3 Å². The van der Waals surface area contributed by atoms with Gasteiger partial charge < -0.3 is 15.0 Å². The highest BCUT2D eigenvalue weighted by atomic mass is 16.5. The van der Waals surface area contributed by atoms with E-state index in [2.05, 4.69) is 22.2 Å². The molecular weight excluding hydrogens is 190 g/mol. The molecule has 0 saturated carbocycles. The molecule has 0 aliphatic heterocycles. The van der Waals surface area contributed by atoms with Crippen LogP contribution < -0.4 is 10.2 Å². The first kappa shape index (κ1) is 11.8. The molecule has 0 unspecified atom stereocenters. The molecule has 1 aromatic heterocycles. The van der Waals surface area contributed by atoms with E-state index in [0.29, 0.717) is 0 Å². The number of rotatable bonds is 6. The van der Waals surface area contributed by atoms with Crippen LogP contribution in [0.3, 0.4) is 0 Å². The van der Waals surface area contributed by atoms with E-state index >= 15 is 0 Å². The van der Waals surface area contributed by atoms with E-state index in [0.717, 1.165) is 25.4 Å². The van der Waals surface area contributed by atoms with Crippen molar-refractivity contribution < 1.29 is 4.74 Å². The Hall–Kier alpha value is -1.29. The lowest BCUT2D eigenvalue weighted by atomic mass is 10.3. The zero-order valence-corrected chi connectivity index (χ0v) is 9.66. The van der Waals surface area contributed by atoms with Crippen molar-refractivity contribution in [2.45, 2.75) is 6.42 Å². The van der Waals surface area contributed by atoms with Crippen molar-refractivity contribution in [3.63, 3.8) is 0 Å². The van der Waals surface area contributed by atoms with Gasteiger partial charge in [-0.25, -0.2) is 4.98 Å². The summed E-state index contributed by atoms with van der Waals surface area (Å²) in [6, 6.07) is 4.04. The van der Waals surface area contributed by atoms with Crippen LogP contribution in [0.4, 0.5) is 11.5 Å². The third-order valence-corrected chi connectivity index (χ3v) is 2.28. The first-order valence-electron chi connectivity index (χ1n) is 5.12. The Morgan fingerprint density at radius 2 is 2.33 bits per heavy atom. The molecule has 1 rings (SSSR count). The number of hydrogen-bond acceptors (Lipinski definition) is 4. The summed E-state index contributed by atoms with van der Waals surface area (Å²) in [5, 5.41) is 3.03. The van der Waals surface area contributed by atoms with E-state index in [4.69, 9.17) is 4.74 Å². The van der Waals surface area contributed by atoms with Gasteiger partial charge in [0.05, 0.1) is 0 Å². The van der Waals surface area contributed by atoms with Crippen LogP contribution in [0.5, 0.6) is 0 Å². The number of nitrogens with one attached hydrogen (secondary N) is 1. The minimum Gasteiger partial charge on any atom is -0.385 e. The van der Waals surface area contributed by atoms with Gasteiger partial charge in [0.25, 0.3) is 0 Å². The maximum atomic E-state index is 5.02. The second kappa shape index (κ2) is 6.24. The predicted octanol–water partition coefficient (Wildman–Crippen LogP) is 1.60. The fourth-order valence-electron chi connectivity index (χ4n) is 1.37. The van der Waals surface area contributed by atoms with Gasteiger partial charge in [0.15, 0.2) is 0 Å². The molecule has 0 bridgehead atoms. The largest absolute Gasteiger partial charge is 0.385 e. The van der Waals surface area contributed by atoms with E-state index < -0.39 is 0 Å². The van der Waals surface area contributed by atoms with Crippen LogP contribution in [0.1, 0.15) is 6.42 Å². The van der Waals surface area contributed by atoms with Crippen LogP contribution >= 0.6 is 0 Å². The summed E-state index contributed by atoms with van der Waals surface area (Å²) in [7, 11) is 5.67. The molecule has 0 aromatic carbocycles. The molecule has 1 N–H and O–H groups in total. The predicted molar refractivity (Wildman–Crippen MR) is 63.5 cm³/mol. The lowest BCUT2D eigenvalue weighted by molar-refractivity contribution is 0.196. The van der Waals surface area contributed by atoms with Gasteiger partial charge in [-0.2, -0.15) is 0 Å². The molecule has 0 atom stereocenters. The van der Waals surface area contributed by atoms with Gasteiger partial charge in [0, 0.05) is 52.3 Å². The average Bonchev–Trinajstić information content (AvgIpc) is 2.29. The minimum atomic E-state index is 0.800. The molecule has 0 aliphatic rings. The number of anilines is 2. The van der Waals surface area contributed by atoms with Crippen LogP contribution in [0.2, 0.25) is 0 Å². The molecule has 0 amide bonds. The van der Waals surface area contributed by atoms with Gasteiger partial charge in [-0.3, -0.25) is 0 Å². The van der Waals surface area contributed by atoms with Crippen LogP contribution in [0.25, 0.3) is 0 Å². The highest BCUT2D eigenvalue weighted by Gasteiger charge is 2.01. The molecule has 0 spiro atoms. The normalized spacial score (nSPS) is 10.1. The standard InChI is InChI=1S/C11H19N3O/c1-12-11-9-10(5-6-13-11)14(2)7-4-8-15-3/h5-6,9H,4,7-8H2,1-3H3,(H,12,13). The van der Waals surface area contributed by atoms with Gasteiger partial charge in [-0.15, -0.1) is 0 Å². The van der Waals surface area contributed by atoms with E-state index in [-0.39, 0.29) is 0 Å². The summed E-state index contributed by atoms with van der Waals surface area (Å²) in [4.78, 5) is 6.37. The molecule has 4 heteroatoms. The second-order valence-electron chi connectivity index (χ2n) is 3.42. The number of ether oxygens (including phenoxy) is 1. The Morgan fingerprint density at radius 1 is 1.53 bits per heavy atom. The Bertz CT molecular complexity index is 291. The second-order valence-corrected chi connectivity index (χ2v) is 3.42. The molecule has 0 fully saturated rings. The van der Waals surface area contributed by atoms with Crippen molar-refractivity contribution >= 4 is 11.5 Å². The highest BCUT2D eigenvalue weighted by molar-refractivity contribution is 5.52. The molecule has 0 radical (unpaired) electrons. The molecule has 0 aliphatic carbocycles. The topological polar surface area (TPSA) is 37.4 Å². The fourth-order valence-corrected chi connectivity index (χ4v) is 1.37. The van der Waals surface area contributed by atoms with Crippen molar-refractivity contribution in [1.29, 1.82) is 0 Å². The highest BCUT2D eigenvalue weighted by Crippen LogP contribution is 2.15. The molecule has 0 saturated heterocycles. The van der Waals surface area contributed by atoms with Crippen LogP contribution in [0, 0.1) is 0 Å². The zero-order valence-electron chi connectivity index (χ0n) is 9.66. The van der Waals surface area contributed by atoms with E-state index in [1.54, 1.807) is 7.11 Å². The van der Waals surface area contributed by atoms with Gasteiger partial charge in [0.1, 0.15) is 5.82 Å². The van der Waals surface area contributed by atoms with Crippen molar-refractivity contribution in [3.05, 3.63) is 18.3 Å². The Morgan fingerprint density at radius 3 is 3.00 bits per heavy atom. The monoisotopic (exact) mass is 209 g/mol. The van der Waals surface area contributed by atoms with Crippen LogP contribution in [-0.4, -0.2) is 39.3 Å². The summed E-state index contributed by atoms with van der Waals surface area (Å²) >= 11 is 0. The third-order valence-electron chi connectivity index (χ3n) is 2.28. The first-order chi connectivity index (χ1) is 7.27. The summed E-state index contributed by atoms with van der Waals surface area (Å²) in [6.07, 6.45) is 2.85. The van der Waals surface area contributed by atoms with E-state index in [9.17, 15) is 0 Å². The summed E-state index contributed by atoms with van der Waals surface area (Å²) < 4.78 is 5.02. The maximum Gasteiger partial charge on any atom is 0.127 e. The quantitative estimate of drug-likeness (QED) is 0.722. The Labute approximate surface area is 91.3 Å². The first-order valence-corrected chi connectivity index (χ1v) is 5.12. The zero-order chi connectivity index (χ0) is 11.1. The van der Waals surface area contributed by atoms with E-state index in [1.165, 1.54) is 5.69 Å². The lowest BCUT2D eigenvalue weighted by Gasteiger charge is -2.19. The number of nitrogens with zero attached hydrogens (tertiary/aromatic N) is 2. The number of hydrogen-bond donors (Lipinski definition) is 1. The molecule has 84 valence electrons. The SMILES string of the molecule is CNc1cc(N(C)CCCOC)ccn1. The third kappa shape index (κ3) is 3.75. The molecule has 4 nitrogen and oxygen atoms in total. The molecular formula is C11H19N3O. The molecule has 15 heavy (non-hydrogen) atoms. The van der Waals surface area contributed by atoms with Gasteiger partial charge >= 0.3 is 0 Å². The number of pyridine rings is 1. The fraction of sp³-hybridized carbons (Fsp3) is 0.545. The number of aromatic nitrogens is 1. The van der Waals surface area contributed by atoms with Crippen molar-refractivity contribution in [2.24, 2.45) is 0 Å². The van der Waals surface area contributed by atoms with Gasteiger partial charge in [-0.1, -0.05) is 0 Å². The summed E-state index contributed by atoms with van der Waals surface area (Å²) in [5.41, 5.74) is 1.17. The van der Waals surface area contributed by atoms with Crippen LogP contribution in [-0.2, 0) is 4.74 Å². The molecule has 1 heterocycles. The number of methoxy groups -OCH3 is 1. The lowest BCUT2D eigenvalue weighted by Crippen LogP contribution is -2.19. The van der Waals surface area contributed by atoms with E-state index in [1.807, 2.05) is 25.4 Å². The maximum absolute atomic E-state index is 5.02. The molecule has 1 aromatic rings. The van der Waals surface area contributed by atoms with Gasteiger partial charge in [-0.05, 0) is 12.5 Å². The van der Waals surface area contributed by atoms with Crippen molar-refractivity contribution in [1.82, 2.24) is 4.98 Å². The average molecular weight is 209 g/mol. The van der Waals surface area contributed by atoms with Gasteiger partial charge in [0.2, 0.25) is 0 Å². The summed E-state index contributed by atoms with van der Waals surface area (Å²) in [5.74, 6) is 0.895. The Kier molecular flexibility index (Phi) is 4.90. The van der Waals surface area contributed by atoms with Crippen molar-refractivity contribution in [3.8, 4) is 0 Å².